The molecule has 0 amide bonds. The third-order valence-electron chi connectivity index (χ3n) is 2.66. The molecule has 0 saturated heterocycles. The number of hydrogen-bond acceptors (Lipinski definition) is 6. The number of anilines is 1. The summed E-state index contributed by atoms with van der Waals surface area (Å²) in [4.78, 5) is 9.90. The quantitative estimate of drug-likeness (QED) is 0.345. The number of nitrogens with two attached hydrogens (primary N) is 1. The molecule has 0 aliphatic rings. The van der Waals surface area contributed by atoms with Gasteiger partial charge in [-0.1, -0.05) is 0 Å². The highest BCUT2D eigenvalue weighted by atomic mass is 32.2. The van der Waals surface area contributed by atoms with Gasteiger partial charge in [-0.25, -0.2) is 8.42 Å². The molecule has 20 heavy (non-hydrogen) atoms. The van der Waals surface area contributed by atoms with Crippen LogP contribution in [0.2, 0.25) is 0 Å². The third-order valence-corrected chi connectivity index (χ3v) is 4.51. The first-order valence-electron chi connectivity index (χ1n) is 5.88. The lowest BCUT2D eigenvalue weighted by molar-refractivity contribution is -0.384. The van der Waals surface area contributed by atoms with Crippen LogP contribution >= 0.6 is 0 Å². The molecule has 1 aromatic rings. The van der Waals surface area contributed by atoms with Gasteiger partial charge in [-0.2, -0.15) is 4.31 Å². The molecule has 0 aliphatic carbocycles. The fourth-order valence-electron chi connectivity index (χ4n) is 1.48. The second kappa shape index (κ2) is 6.64. The molecule has 0 heterocycles. The Morgan fingerprint density at radius 3 is 2.65 bits per heavy atom. The van der Waals surface area contributed by atoms with Gasteiger partial charge < -0.3 is 10.5 Å². The predicted octanol–water partition coefficient (Wildman–Crippen LogP) is 0.834. The van der Waals surface area contributed by atoms with Gasteiger partial charge in [0.2, 0.25) is 10.0 Å². The van der Waals surface area contributed by atoms with E-state index < -0.39 is 20.6 Å². The van der Waals surface area contributed by atoms with Crippen molar-refractivity contribution in [3.05, 3.63) is 28.3 Å². The second-order valence-corrected chi connectivity index (χ2v) is 6.05. The van der Waals surface area contributed by atoms with Crippen molar-refractivity contribution in [1.29, 1.82) is 0 Å². The molecule has 0 radical (unpaired) electrons. The summed E-state index contributed by atoms with van der Waals surface area (Å²) in [5, 5.41) is 10.8. The van der Waals surface area contributed by atoms with E-state index in [1.807, 2.05) is 0 Å². The Labute approximate surface area is 117 Å². The Bertz CT molecular complexity index is 588. The van der Waals surface area contributed by atoms with Crippen LogP contribution in [0.5, 0.6) is 0 Å². The molecule has 0 aromatic heterocycles. The highest BCUT2D eigenvalue weighted by Gasteiger charge is 2.24. The number of ether oxygens (including phenoxy) is 1. The summed E-state index contributed by atoms with van der Waals surface area (Å²) in [6.45, 7) is 2.71. The van der Waals surface area contributed by atoms with E-state index >= 15 is 0 Å². The minimum absolute atomic E-state index is 0.0779. The first kappa shape index (κ1) is 16.3. The summed E-state index contributed by atoms with van der Waals surface area (Å²) in [6.07, 6.45) is 0. The molecule has 0 atom stereocenters. The fourth-order valence-corrected chi connectivity index (χ4v) is 2.65. The minimum atomic E-state index is -3.80. The van der Waals surface area contributed by atoms with E-state index in [4.69, 9.17) is 10.5 Å². The van der Waals surface area contributed by atoms with Crippen molar-refractivity contribution >= 4 is 21.4 Å². The van der Waals surface area contributed by atoms with Crippen LogP contribution in [0.3, 0.4) is 0 Å². The zero-order valence-corrected chi connectivity index (χ0v) is 12.1. The molecule has 0 aliphatic heterocycles. The van der Waals surface area contributed by atoms with E-state index in [1.165, 1.54) is 19.2 Å². The lowest BCUT2D eigenvalue weighted by Gasteiger charge is -2.17. The van der Waals surface area contributed by atoms with Crippen molar-refractivity contribution in [2.75, 3.05) is 32.5 Å². The molecule has 9 heteroatoms. The van der Waals surface area contributed by atoms with Crippen LogP contribution in [0, 0.1) is 10.1 Å². The number of nitro benzene ring substituents is 1. The molecule has 0 saturated carbocycles. The number of nitrogen functional groups attached to an aromatic ring is 1. The molecule has 112 valence electrons. The maximum absolute atomic E-state index is 12.2. The lowest BCUT2D eigenvalue weighted by Crippen LogP contribution is -2.30. The minimum Gasteiger partial charge on any atom is -0.393 e. The Balaban J connectivity index is 3.03. The van der Waals surface area contributed by atoms with E-state index in [9.17, 15) is 18.5 Å². The topological polar surface area (TPSA) is 116 Å². The summed E-state index contributed by atoms with van der Waals surface area (Å²) in [5.41, 5.74) is 4.93. The lowest BCUT2D eigenvalue weighted by atomic mass is 10.3. The molecule has 8 nitrogen and oxygen atoms in total. The number of nitro groups is 1. The van der Waals surface area contributed by atoms with Crippen LogP contribution in [-0.2, 0) is 14.8 Å². The average molecular weight is 303 g/mol. The number of hydrogen-bond donors (Lipinski definition) is 1. The van der Waals surface area contributed by atoms with Crippen molar-refractivity contribution in [1.82, 2.24) is 4.31 Å². The molecule has 1 rings (SSSR count). The number of likely N-dealkylation sites (N-methyl/N-ethyl adjacent to an activating group) is 1. The Kier molecular flexibility index (Phi) is 5.43. The number of sulfonamides is 1. The Hall–Kier alpha value is -1.71. The fraction of sp³-hybridized carbons (Fsp3) is 0.455. The van der Waals surface area contributed by atoms with Gasteiger partial charge in [0.15, 0.2) is 0 Å². The average Bonchev–Trinajstić information content (AvgIpc) is 2.38. The van der Waals surface area contributed by atoms with Gasteiger partial charge in [0.1, 0.15) is 5.69 Å². The van der Waals surface area contributed by atoms with Crippen molar-refractivity contribution in [3.63, 3.8) is 0 Å². The summed E-state index contributed by atoms with van der Waals surface area (Å²) in [6, 6.07) is 3.41. The number of benzene rings is 1. The van der Waals surface area contributed by atoms with Crippen LogP contribution in [0.4, 0.5) is 11.4 Å². The van der Waals surface area contributed by atoms with Gasteiger partial charge in [0, 0.05) is 26.3 Å². The van der Waals surface area contributed by atoms with Crippen LogP contribution in [0.15, 0.2) is 23.1 Å². The zero-order chi connectivity index (χ0) is 15.3. The van der Waals surface area contributed by atoms with Gasteiger partial charge in [0.05, 0.1) is 16.4 Å². The summed E-state index contributed by atoms with van der Waals surface area (Å²) in [5.74, 6) is 0. The first-order valence-corrected chi connectivity index (χ1v) is 7.32. The van der Waals surface area contributed by atoms with E-state index in [2.05, 4.69) is 0 Å². The molecule has 0 spiro atoms. The highest BCUT2D eigenvalue weighted by Crippen LogP contribution is 2.26. The molecule has 1 aromatic carbocycles. The molecule has 2 N–H and O–H groups in total. The third kappa shape index (κ3) is 3.65. The van der Waals surface area contributed by atoms with Crippen molar-refractivity contribution in [2.24, 2.45) is 0 Å². The number of nitrogens with zero attached hydrogens (tertiary/aromatic N) is 2. The molecule has 0 fully saturated rings. The van der Waals surface area contributed by atoms with Gasteiger partial charge in [0.25, 0.3) is 5.69 Å². The molecular formula is C11H17N3O5S. The standard InChI is InChI=1S/C11H17N3O5S/c1-3-19-7-6-13(2)20(17,18)9-4-5-10(12)11(8-9)14(15)16/h4-5,8H,3,6-7,12H2,1-2H3. The van der Waals surface area contributed by atoms with Gasteiger partial charge >= 0.3 is 0 Å². The molecular weight excluding hydrogens is 286 g/mol. The van der Waals surface area contributed by atoms with Crippen LogP contribution in [0.25, 0.3) is 0 Å². The van der Waals surface area contributed by atoms with Gasteiger partial charge in [-0.15, -0.1) is 0 Å². The van der Waals surface area contributed by atoms with Crippen LogP contribution in [-0.4, -0.2) is 44.5 Å². The van der Waals surface area contributed by atoms with Gasteiger partial charge in [-0.3, -0.25) is 10.1 Å². The monoisotopic (exact) mass is 303 g/mol. The first-order chi connectivity index (χ1) is 9.30. The maximum Gasteiger partial charge on any atom is 0.293 e. The van der Waals surface area contributed by atoms with Crippen molar-refractivity contribution in [3.8, 4) is 0 Å². The van der Waals surface area contributed by atoms with E-state index in [-0.39, 0.29) is 23.7 Å². The maximum atomic E-state index is 12.2. The molecule has 0 unspecified atom stereocenters. The Morgan fingerprint density at radius 2 is 2.10 bits per heavy atom. The van der Waals surface area contributed by atoms with E-state index in [0.29, 0.717) is 6.61 Å². The van der Waals surface area contributed by atoms with E-state index in [0.717, 1.165) is 10.4 Å². The zero-order valence-electron chi connectivity index (χ0n) is 11.3. The summed E-state index contributed by atoms with van der Waals surface area (Å²) < 4.78 is 30.6. The smallest absolute Gasteiger partial charge is 0.293 e. The van der Waals surface area contributed by atoms with Crippen molar-refractivity contribution in [2.45, 2.75) is 11.8 Å². The van der Waals surface area contributed by atoms with Crippen molar-refractivity contribution < 1.29 is 18.1 Å². The SMILES string of the molecule is CCOCCN(C)S(=O)(=O)c1ccc(N)c([N+](=O)[O-])c1. The normalized spacial score (nSPS) is 11.8. The van der Waals surface area contributed by atoms with Crippen LogP contribution in [0.1, 0.15) is 6.92 Å². The second-order valence-electron chi connectivity index (χ2n) is 4.00. The summed E-state index contributed by atoms with van der Waals surface area (Å²) in [7, 11) is -2.41. The predicted molar refractivity (Wildman–Crippen MR) is 73.8 cm³/mol. The summed E-state index contributed by atoms with van der Waals surface area (Å²) >= 11 is 0. The largest absolute Gasteiger partial charge is 0.393 e. The molecule has 0 bridgehead atoms. The number of rotatable bonds is 7. The highest BCUT2D eigenvalue weighted by molar-refractivity contribution is 7.89. The van der Waals surface area contributed by atoms with E-state index in [1.54, 1.807) is 6.92 Å². The van der Waals surface area contributed by atoms with Crippen LogP contribution < -0.4 is 5.73 Å². The Morgan fingerprint density at radius 1 is 1.45 bits per heavy atom. The van der Waals surface area contributed by atoms with Gasteiger partial charge in [-0.05, 0) is 19.1 Å².